The van der Waals surface area contributed by atoms with E-state index in [0.717, 1.165) is 16.8 Å². The number of amides is 1. The molecule has 2 heterocycles. The molecule has 24 heavy (non-hydrogen) atoms. The van der Waals surface area contributed by atoms with Crippen LogP contribution >= 0.6 is 0 Å². The molecule has 2 aromatic heterocycles. The average molecular weight is 329 g/mol. The van der Waals surface area contributed by atoms with Crippen LogP contribution in [0.25, 0.3) is 0 Å². The van der Waals surface area contributed by atoms with Crippen molar-refractivity contribution in [3.8, 4) is 0 Å². The highest BCUT2D eigenvalue weighted by Gasteiger charge is 2.19. The van der Waals surface area contributed by atoms with Gasteiger partial charge in [-0.3, -0.25) is 4.79 Å². The number of ether oxygens (including phenoxy) is 1. The largest absolute Gasteiger partial charge is 0.461 e. The van der Waals surface area contributed by atoms with E-state index >= 15 is 0 Å². The van der Waals surface area contributed by atoms with Gasteiger partial charge < -0.3 is 10.1 Å². The lowest BCUT2D eigenvalue weighted by Crippen LogP contribution is -2.19. The summed E-state index contributed by atoms with van der Waals surface area (Å²) in [4.78, 5) is 33.0. The molecule has 0 aliphatic heterocycles. The maximum Gasteiger partial charge on any atom is 0.357 e. The van der Waals surface area contributed by atoms with E-state index in [1.54, 1.807) is 20.0 Å². The molecule has 6 nitrogen and oxygen atoms in total. The Hall–Kier alpha value is -2.76. The Morgan fingerprint density at radius 2 is 1.83 bits per heavy atom. The van der Waals surface area contributed by atoms with Crippen LogP contribution in [0.1, 0.15) is 51.7 Å². The van der Waals surface area contributed by atoms with Crippen molar-refractivity contribution in [2.45, 2.75) is 34.6 Å². The first-order valence-electron chi connectivity index (χ1n) is 7.74. The normalized spacial score (nSPS) is 10.4. The lowest BCUT2D eigenvalue weighted by atomic mass is 10.1. The number of nitrogens with zero attached hydrogens (tertiary/aromatic N) is 2. The van der Waals surface area contributed by atoms with Gasteiger partial charge >= 0.3 is 5.97 Å². The molecule has 1 N–H and O–H groups in total. The zero-order chi connectivity index (χ0) is 17.9. The molecule has 0 aliphatic carbocycles. The molecule has 1 amide bonds. The summed E-state index contributed by atoms with van der Waals surface area (Å²) in [6.45, 7) is 9.22. The third-order valence-electron chi connectivity index (χ3n) is 3.67. The standard InChI is InChI=1S/C18H21N3O3.H2/c1-6-24-18(23)16-13(5)14(11(3)9-19-16)21-17(22)15-10(2)7-8-12(4)20-15;/h7-9H,6H2,1-5H3,(H,19,21,22);1H. The molecule has 0 radical (unpaired) electrons. The summed E-state index contributed by atoms with van der Waals surface area (Å²) in [5.41, 5.74) is 4.01. The monoisotopic (exact) mass is 329 g/mol. The molecule has 6 heteroatoms. The Balaban J connectivity index is 0.00000312. The minimum absolute atomic E-state index is 0. The molecule has 0 aliphatic rings. The molecule has 2 aromatic rings. The number of nitrogens with one attached hydrogen (secondary N) is 1. The first-order chi connectivity index (χ1) is 11.3. The summed E-state index contributed by atoms with van der Waals surface area (Å²) in [5.74, 6) is -0.821. The number of aromatic nitrogens is 2. The Kier molecular flexibility index (Phi) is 5.28. The number of rotatable bonds is 4. The molecule has 0 bridgehead atoms. The van der Waals surface area contributed by atoms with Crippen LogP contribution in [-0.2, 0) is 4.74 Å². The second-order valence-corrected chi connectivity index (χ2v) is 5.58. The van der Waals surface area contributed by atoms with Gasteiger partial charge in [0.05, 0.1) is 12.3 Å². The maximum atomic E-state index is 12.6. The minimum atomic E-state index is -0.504. The van der Waals surface area contributed by atoms with Gasteiger partial charge in [0.25, 0.3) is 5.91 Å². The number of carbonyl (C=O) groups excluding carboxylic acids is 2. The zero-order valence-electron chi connectivity index (χ0n) is 14.6. The van der Waals surface area contributed by atoms with Gasteiger partial charge in [-0.15, -0.1) is 0 Å². The van der Waals surface area contributed by atoms with Crippen molar-refractivity contribution >= 4 is 17.6 Å². The Morgan fingerprint density at radius 1 is 1.12 bits per heavy atom. The highest BCUT2D eigenvalue weighted by molar-refractivity contribution is 6.05. The Bertz CT molecular complexity index is 806. The number of pyridine rings is 2. The average Bonchev–Trinajstić information content (AvgIpc) is 2.53. The number of esters is 1. The van der Waals surface area contributed by atoms with E-state index in [2.05, 4.69) is 15.3 Å². The Morgan fingerprint density at radius 3 is 2.50 bits per heavy atom. The minimum Gasteiger partial charge on any atom is -0.461 e. The van der Waals surface area contributed by atoms with Crippen LogP contribution in [0.4, 0.5) is 5.69 Å². The second-order valence-electron chi connectivity index (χ2n) is 5.58. The van der Waals surface area contributed by atoms with Crippen LogP contribution in [0.2, 0.25) is 0 Å². The summed E-state index contributed by atoms with van der Waals surface area (Å²) >= 11 is 0. The molecule has 0 fully saturated rings. The van der Waals surface area contributed by atoms with E-state index in [9.17, 15) is 9.59 Å². The fourth-order valence-corrected chi connectivity index (χ4v) is 2.36. The topological polar surface area (TPSA) is 81.2 Å². The van der Waals surface area contributed by atoms with Crippen molar-refractivity contribution < 1.29 is 15.8 Å². The summed E-state index contributed by atoms with van der Waals surface area (Å²) in [6.07, 6.45) is 1.55. The van der Waals surface area contributed by atoms with Crippen molar-refractivity contribution in [3.05, 3.63) is 52.1 Å². The van der Waals surface area contributed by atoms with E-state index in [1.165, 1.54) is 0 Å². The number of aryl methyl sites for hydroxylation is 3. The molecule has 128 valence electrons. The van der Waals surface area contributed by atoms with Crippen molar-refractivity contribution in [2.75, 3.05) is 11.9 Å². The van der Waals surface area contributed by atoms with E-state index < -0.39 is 5.97 Å². The van der Waals surface area contributed by atoms with E-state index in [0.29, 0.717) is 16.9 Å². The van der Waals surface area contributed by atoms with Gasteiger partial charge in [0, 0.05) is 18.9 Å². The van der Waals surface area contributed by atoms with Gasteiger partial charge in [-0.1, -0.05) is 6.07 Å². The van der Waals surface area contributed by atoms with Crippen LogP contribution in [0.5, 0.6) is 0 Å². The van der Waals surface area contributed by atoms with Crippen molar-refractivity contribution in [2.24, 2.45) is 0 Å². The smallest absolute Gasteiger partial charge is 0.357 e. The van der Waals surface area contributed by atoms with Gasteiger partial charge in [0.1, 0.15) is 5.69 Å². The number of anilines is 1. The zero-order valence-corrected chi connectivity index (χ0v) is 14.6. The SMILES string of the molecule is CCOC(=O)c1ncc(C)c(NC(=O)c2nc(C)ccc2C)c1C.[HH]. The first kappa shape index (κ1) is 17.6. The van der Waals surface area contributed by atoms with Crippen LogP contribution in [-0.4, -0.2) is 28.5 Å². The van der Waals surface area contributed by atoms with Gasteiger partial charge in [-0.25, -0.2) is 14.8 Å². The van der Waals surface area contributed by atoms with E-state index in [-0.39, 0.29) is 19.6 Å². The first-order valence-corrected chi connectivity index (χ1v) is 7.74. The fourth-order valence-electron chi connectivity index (χ4n) is 2.36. The number of hydrogen-bond acceptors (Lipinski definition) is 5. The molecule has 0 saturated carbocycles. The van der Waals surface area contributed by atoms with Crippen LogP contribution in [0.15, 0.2) is 18.3 Å². The van der Waals surface area contributed by atoms with Crippen molar-refractivity contribution in [1.82, 2.24) is 9.97 Å². The van der Waals surface area contributed by atoms with Gasteiger partial charge in [-0.2, -0.15) is 0 Å². The van der Waals surface area contributed by atoms with Crippen molar-refractivity contribution in [3.63, 3.8) is 0 Å². The van der Waals surface area contributed by atoms with Gasteiger partial charge in [-0.05, 0) is 51.8 Å². The molecule has 0 saturated heterocycles. The van der Waals surface area contributed by atoms with E-state index in [4.69, 9.17) is 4.74 Å². The van der Waals surface area contributed by atoms with Gasteiger partial charge in [0.2, 0.25) is 0 Å². The molecular formula is C18H23N3O3. The highest BCUT2D eigenvalue weighted by Crippen LogP contribution is 2.23. The molecular weight excluding hydrogens is 306 g/mol. The lowest BCUT2D eigenvalue weighted by Gasteiger charge is -2.14. The van der Waals surface area contributed by atoms with Crippen molar-refractivity contribution in [1.29, 1.82) is 0 Å². The molecule has 0 unspecified atom stereocenters. The fraction of sp³-hybridized carbons (Fsp3) is 0.333. The summed E-state index contributed by atoms with van der Waals surface area (Å²) < 4.78 is 5.00. The lowest BCUT2D eigenvalue weighted by molar-refractivity contribution is 0.0518. The quantitative estimate of drug-likeness (QED) is 0.870. The Labute approximate surface area is 142 Å². The second kappa shape index (κ2) is 7.21. The van der Waals surface area contributed by atoms with E-state index in [1.807, 2.05) is 32.9 Å². The van der Waals surface area contributed by atoms with Crippen LogP contribution in [0, 0.1) is 27.7 Å². The van der Waals surface area contributed by atoms with Crippen LogP contribution < -0.4 is 5.32 Å². The third-order valence-corrected chi connectivity index (χ3v) is 3.67. The number of hydrogen-bond donors (Lipinski definition) is 1. The third kappa shape index (κ3) is 3.59. The van der Waals surface area contributed by atoms with Crippen LogP contribution in [0.3, 0.4) is 0 Å². The van der Waals surface area contributed by atoms with Gasteiger partial charge in [0.15, 0.2) is 5.69 Å². The summed E-state index contributed by atoms with van der Waals surface area (Å²) in [5, 5.41) is 2.85. The highest BCUT2D eigenvalue weighted by atomic mass is 16.5. The summed E-state index contributed by atoms with van der Waals surface area (Å²) in [6, 6.07) is 3.71. The maximum absolute atomic E-state index is 12.6. The predicted molar refractivity (Wildman–Crippen MR) is 93.4 cm³/mol. The molecule has 0 aromatic carbocycles. The molecule has 2 rings (SSSR count). The molecule has 0 atom stereocenters. The summed E-state index contributed by atoms with van der Waals surface area (Å²) in [7, 11) is 0. The predicted octanol–water partition coefficient (Wildman–Crippen LogP) is 3.39. The number of carbonyl (C=O) groups is 2. The molecule has 0 spiro atoms.